The van der Waals surface area contributed by atoms with Gasteiger partial charge in [-0.2, -0.15) is 0 Å². The molecule has 90 valence electrons. The number of ether oxygens (including phenoxy) is 1. The van der Waals surface area contributed by atoms with Crippen LogP contribution in [0, 0.1) is 0 Å². The molecule has 1 amide bonds. The van der Waals surface area contributed by atoms with Gasteiger partial charge in [0.05, 0.1) is 6.42 Å². The van der Waals surface area contributed by atoms with Crippen molar-refractivity contribution in [3.05, 3.63) is 42.5 Å². The molecule has 17 heavy (non-hydrogen) atoms. The Bertz CT molecular complexity index is 409. The molecule has 1 rings (SSSR count). The summed E-state index contributed by atoms with van der Waals surface area (Å²) in [4.78, 5) is 22.1. The van der Waals surface area contributed by atoms with E-state index < -0.39 is 0 Å². The highest BCUT2D eigenvalue weighted by Crippen LogP contribution is 2.10. The first-order valence-electron chi connectivity index (χ1n) is 5.25. The molecule has 1 aromatic rings. The van der Waals surface area contributed by atoms with Crippen molar-refractivity contribution < 1.29 is 14.3 Å². The molecule has 0 unspecified atom stereocenters. The fraction of sp³-hybridized carbons (Fsp3) is 0.231. The SMILES string of the molecule is C=CCOC(=O)Cc1ccc(NC(C)=O)cc1. The second kappa shape index (κ2) is 6.48. The minimum absolute atomic E-state index is 0.122. The van der Waals surface area contributed by atoms with Gasteiger partial charge in [0.1, 0.15) is 6.61 Å². The summed E-state index contributed by atoms with van der Waals surface area (Å²) in [5.41, 5.74) is 1.55. The van der Waals surface area contributed by atoms with Gasteiger partial charge in [0.25, 0.3) is 0 Å². The van der Waals surface area contributed by atoms with Crippen LogP contribution in [0.15, 0.2) is 36.9 Å². The van der Waals surface area contributed by atoms with Crippen LogP contribution in [0.1, 0.15) is 12.5 Å². The predicted molar refractivity (Wildman–Crippen MR) is 65.6 cm³/mol. The molecule has 0 saturated carbocycles. The summed E-state index contributed by atoms with van der Waals surface area (Å²) in [5, 5.41) is 2.65. The zero-order chi connectivity index (χ0) is 12.7. The number of hydrogen-bond donors (Lipinski definition) is 1. The zero-order valence-corrected chi connectivity index (χ0v) is 9.73. The molecule has 0 fully saturated rings. The normalized spacial score (nSPS) is 9.47. The molecule has 0 atom stereocenters. The number of rotatable bonds is 5. The Labute approximate surface area is 100 Å². The lowest BCUT2D eigenvalue weighted by atomic mass is 10.1. The summed E-state index contributed by atoms with van der Waals surface area (Å²) in [6.45, 7) is 5.13. The van der Waals surface area contributed by atoms with Crippen molar-refractivity contribution in [2.45, 2.75) is 13.3 Å². The van der Waals surface area contributed by atoms with Crippen molar-refractivity contribution in [1.82, 2.24) is 0 Å². The third kappa shape index (κ3) is 4.97. The Morgan fingerprint density at radius 1 is 1.35 bits per heavy atom. The highest BCUT2D eigenvalue weighted by molar-refractivity contribution is 5.88. The third-order valence-corrected chi connectivity index (χ3v) is 1.98. The van der Waals surface area contributed by atoms with E-state index in [0.717, 1.165) is 5.56 Å². The van der Waals surface area contributed by atoms with Crippen LogP contribution >= 0.6 is 0 Å². The van der Waals surface area contributed by atoms with Crippen molar-refractivity contribution in [3.8, 4) is 0 Å². The minimum atomic E-state index is -0.294. The average molecular weight is 233 g/mol. The Morgan fingerprint density at radius 2 is 2.00 bits per heavy atom. The van der Waals surface area contributed by atoms with Crippen molar-refractivity contribution in [3.63, 3.8) is 0 Å². The van der Waals surface area contributed by atoms with Crippen LogP contribution in [0.3, 0.4) is 0 Å². The first-order valence-corrected chi connectivity index (χ1v) is 5.25. The van der Waals surface area contributed by atoms with Crippen LogP contribution in [-0.2, 0) is 20.7 Å². The largest absolute Gasteiger partial charge is 0.461 e. The molecule has 1 N–H and O–H groups in total. The second-order valence-corrected chi connectivity index (χ2v) is 3.53. The van der Waals surface area contributed by atoms with Crippen molar-refractivity contribution in [2.75, 3.05) is 11.9 Å². The fourth-order valence-electron chi connectivity index (χ4n) is 1.28. The van der Waals surface area contributed by atoms with E-state index in [4.69, 9.17) is 4.74 Å². The van der Waals surface area contributed by atoms with Gasteiger partial charge in [-0.1, -0.05) is 24.8 Å². The number of benzene rings is 1. The molecule has 0 heterocycles. The Balaban J connectivity index is 2.53. The van der Waals surface area contributed by atoms with Crippen molar-refractivity contribution in [1.29, 1.82) is 0 Å². The van der Waals surface area contributed by atoms with Crippen molar-refractivity contribution in [2.24, 2.45) is 0 Å². The molecule has 0 aliphatic heterocycles. The lowest BCUT2D eigenvalue weighted by Gasteiger charge is -2.04. The highest BCUT2D eigenvalue weighted by atomic mass is 16.5. The maximum absolute atomic E-state index is 11.3. The maximum Gasteiger partial charge on any atom is 0.310 e. The zero-order valence-electron chi connectivity index (χ0n) is 9.73. The van der Waals surface area contributed by atoms with E-state index in [0.29, 0.717) is 5.69 Å². The highest BCUT2D eigenvalue weighted by Gasteiger charge is 2.04. The van der Waals surface area contributed by atoms with E-state index in [1.165, 1.54) is 13.0 Å². The van der Waals surface area contributed by atoms with Crippen LogP contribution in [0.5, 0.6) is 0 Å². The second-order valence-electron chi connectivity index (χ2n) is 3.53. The summed E-state index contributed by atoms with van der Waals surface area (Å²) >= 11 is 0. The summed E-state index contributed by atoms with van der Waals surface area (Å²) < 4.78 is 4.86. The number of hydrogen-bond acceptors (Lipinski definition) is 3. The van der Waals surface area contributed by atoms with Gasteiger partial charge in [0.15, 0.2) is 0 Å². The molecule has 1 aromatic carbocycles. The van der Waals surface area contributed by atoms with E-state index in [1.807, 2.05) is 0 Å². The smallest absolute Gasteiger partial charge is 0.310 e. The molecule has 4 heteroatoms. The number of carbonyl (C=O) groups excluding carboxylic acids is 2. The molecule has 0 aromatic heterocycles. The topological polar surface area (TPSA) is 55.4 Å². The monoisotopic (exact) mass is 233 g/mol. The van der Waals surface area contributed by atoms with Crippen LogP contribution in [0.25, 0.3) is 0 Å². The molecule has 0 radical (unpaired) electrons. The molecular formula is C13H15NO3. The van der Waals surface area contributed by atoms with Gasteiger partial charge in [0, 0.05) is 12.6 Å². The summed E-state index contributed by atoms with van der Waals surface area (Å²) in [5.74, 6) is -0.416. The van der Waals surface area contributed by atoms with Crippen molar-refractivity contribution >= 4 is 17.6 Å². The van der Waals surface area contributed by atoms with Gasteiger partial charge < -0.3 is 10.1 Å². The summed E-state index contributed by atoms with van der Waals surface area (Å²) in [7, 11) is 0. The molecule has 0 aliphatic carbocycles. The number of esters is 1. The number of anilines is 1. The predicted octanol–water partition coefficient (Wildman–Crippen LogP) is 1.92. The minimum Gasteiger partial charge on any atom is -0.461 e. The average Bonchev–Trinajstić information content (AvgIpc) is 2.28. The Morgan fingerprint density at radius 3 is 2.53 bits per heavy atom. The Kier molecular flexibility index (Phi) is 4.94. The van der Waals surface area contributed by atoms with E-state index >= 15 is 0 Å². The first kappa shape index (κ1) is 13.0. The standard InChI is InChI=1S/C13H15NO3/c1-3-8-17-13(16)9-11-4-6-12(7-5-11)14-10(2)15/h3-7H,1,8-9H2,2H3,(H,14,15). The molecule has 0 bridgehead atoms. The number of amides is 1. The van der Waals surface area contributed by atoms with Crippen LogP contribution in [-0.4, -0.2) is 18.5 Å². The molecule has 0 spiro atoms. The Hall–Kier alpha value is -2.10. The summed E-state index contributed by atoms with van der Waals surface area (Å²) in [6, 6.07) is 7.05. The number of nitrogens with one attached hydrogen (secondary N) is 1. The number of carbonyl (C=O) groups is 2. The van der Waals surface area contributed by atoms with E-state index in [1.54, 1.807) is 24.3 Å². The van der Waals surface area contributed by atoms with Gasteiger partial charge in [0.2, 0.25) is 5.91 Å². The van der Waals surface area contributed by atoms with Gasteiger partial charge in [-0.15, -0.1) is 0 Å². The van der Waals surface area contributed by atoms with Crippen LogP contribution in [0.2, 0.25) is 0 Å². The quantitative estimate of drug-likeness (QED) is 0.624. The lowest BCUT2D eigenvalue weighted by Crippen LogP contribution is -2.08. The first-order chi connectivity index (χ1) is 8.11. The van der Waals surface area contributed by atoms with E-state index in [2.05, 4.69) is 11.9 Å². The molecule has 0 aliphatic rings. The maximum atomic E-state index is 11.3. The van der Waals surface area contributed by atoms with Gasteiger partial charge in [-0.3, -0.25) is 9.59 Å². The third-order valence-electron chi connectivity index (χ3n) is 1.98. The summed E-state index contributed by atoms with van der Waals surface area (Å²) in [6.07, 6.45) is 1.74. The van der Waals surface area contributed by atoms with Crippen LogP contribution in [0.4, 0.5) is 5.69 Å². The molecule has 4 nitrogen and oxygen atoms in total. The molecular weight excluding hydrogens is 218 g/mol. The van der Waals surface area contributed by atoms with E-state index in [9.17, 15) is 9.59 Å². The lowest BCUT2D eigenvalue weighted by molar-refractivity contribution is -0.141. The van der Waals surface area contributed by atoms with E-state index in [-0.39, 0.29) is 24.9 Å². The van der Waals surface area contributed by atoms with Gasteiger partial charge in [-0.05, 0) is 17.7 Å². The van der Waals surface area contributed by atoms with Gasteiger partial charge >= 0.3 is 5.97 Å². The molecule has 0 saturated heterocycles. The van der Waals surface area contributed by atoms with Gasteiger partial charge in [-0.25, -0.2) is 0 Å². The van der Waals surface area contributed by atoms with Crippen LogP contribution < -0.4 is 5.32 Å². The fourth-order valence-corrected chi connectivity index (χ4v) is 1.28.